The molecule has 1 atom stereocenters. The normalized spacial score (nSPS) is 15.4. The lowest BCUT2D eigenvalue weighted by atomic mass is 10.00. The first-order valence-corrected chi connectivity index (χ1v) is 10.2. The van der Waals surface area contributed by atoms with Crippen LogP contribution in [0.2, 0.25) is 0 Å². The van der Waals surface area contributed by atoms with Gasteiger partial charge in [0.15, 0.2) is 0 Å². The molecule has 0 aromatic heterocycles. The van der Waals surface area contributed by atoms with Gasteiger partial charge in [-0.25, -0.2) is 0 Å². The summed E-state index contributed by atoms with van der Waals surface area (Å²) in [5.74, 6) is -0.0718. The summed E-state index contributed by atoms with van der Waals surface area (Å²) < 4.78 is 11.4. The molecule has 25 heavy (non-hydrogen) atoms. The molecule has 1 N–H and O–H groups in total. The Bertz CT molecular complexity index is 759. The van der Waals surface area contributed by atoms with Crippen LogP contribution in [0.1, 0.15) is 27.9 Å². The minimum absolute atomic E-state index is 0.0718. The van der Waals surface area contributed by atoms with Gasteiger partial charge in [0.25, 0.3) is 5.91 Å². The minimum Gasteiger partial charge on any atom is -0.352 e. The van der Waals surface area contributed by atoms with Gasteiger partial charge in [-0.15, -0.1) is 0 Å². The van der Waals surface area contributed by atoms with E-state index in [0.717, 1.165) is 37.4 Å². The molecule has 1 aliphatic heterocycles. The Hall–Kier alpha value is -1.98. The highest BCUT2D eigenvalue weighted by Gasteiger charge is 2.15. The zero-order chi connectivity index (χ0) is 17.6. The number of carbonyl (C=O) groups is 1. The van der Waals surface area contributed by atoms with Crippen molar-refractivity contribution in [2.75, 3.05) is 25.9 Å². The van der Waals surface area contributed by atoms with Crippen molar-refractivity contribution in [3.05, 3.63) is 65.2 Å². The molecule has 0 bridgehead atoms. The summed E-state index contributed by atoms with van der Waals surface area (Å²) in [5, 5.41) is 2.96. The maximum absolute atomic E-state index is 12.1. The maximum atomic E-state index is 12.1. The predicted molar refractivity (Wildman–Crippen MR) is 101 cm³/mol. The zero-order valence-electron chi connectivity index (χ0n) is 14.5. The summed E-state index contributed by atoms with van der Waals surface area (Å²) in [6.07, 6.45) is 3.67. The van der Waals surface area contributed by atoms with E-state index in [1.807, 2.05) is 0 Å². The highest BCUT2D eigenvalue weighted by atomic mass is 32.2. The number of fused-ring (bicyclic) bond motifs is 1. The van der Waals surface area contributed by atoms with Crippen LogP contribution in [0.5, 0.6) is 0 Å². The highest BCUT2D eigenvalue weighted by molar-refractivity contribution is 7.84. The molecule has 0 fully saturated rings. The Balaban J connectivity index is 1.41. The molecule has 1 unspecified atom stereocenters. The van der Waals surface area contributed by atoms with E-state index >= 15 is 0 Å². The van der Waals surface area contributed by atoms with Gasteiger partial charge in [-0.05, 0) is 48.2 Å². The van der Waals surface area contributed by atoms with E-state index < -0.39 is 10.8 Å². The van der Waals surface area contributed by atoms with Gasteiger partial charge in [0.2, 0.25) is 0 Å². The van der Waals surface area contributed by atoms with E-state index in [-0.39, 0.29) is 5.91 Å². The second kappa shape index (κ2) is 8.41. The molecular formula is C20H24N2O2S. The van der Waals surface area contributed by atoms with Crippen molar-refractivity contribution >= 4 is 16.7 Å². The summed E-state index contributed by atoms with van der Waals surface area (Å²) in [5.41, 5.74) is 3.50. The van der Waals surface area contributed by atoms with Crippen LogP contribution in [0.25, 0.3) is 0 Å². The van der Waals surface area contributed by atoms with E-state index in [4.69, 9.17) is 0 Å². The van der Waals surface area contributed by atoms with E-state index in [1.54, 1.807) is 30.5 Å². The third-order valence-electron chi connectivity index (χ3n) is 4.59. The Kier molecular flexibility index (Phi) is 6.00. The van der Waals surface area contributed by atoms with Crippen LogP contribution in [-0.4, -0.2) is 40.9 Å². The van der Waals surface area contributed by atoms with E-state index in [1.165, 1.54) is 11.1 Å². The summed E-state index contributed by atoms with van der Waals surface area (Å²) in [7, 11) is -1.01. The quantitative estimate of drug-likeness (QED) is 0.810. The van der Waals surface area contributed by atoms with Crippen LogP contribution >= 0.6 is 0 Å². The maximum Gasteiger partial charge on any atom is 0.251 e. The lowest BCUT2D eigenvalue weighted by molar-refractivity contribution is 0.0951. The first-order valence-electron chi connectivity index (χ1n) is 8.64. The van der Waals surface area contributed by atoms with Crippen molar-refractivity contribution < 1.29 is 9.00 Å². The smallest absolute Gasteiger partial charge is 0.251 e. The average Bonchev–Trinajstić information content (AvgIpc) is 2.65. The molecule has 1 heterocycles. The number of amides is 1. The Morgan fingerprint density at radius 1 is 1.12 bits per heavy atom. The topological polar surface area (TPSA) is 49.4 Å². The van der Waals surface area contributed by atoms with Crippen LogP contribution in [0.3, 0.4) is 0 Å². The van der Waals surface area contributed by atoms with Gasteiger partial charge in [0, 0.05) is 53.7 Å². The van der Waals surface area contributed by atoms with Gasteiger partial charge in [0.05, 0.1) is 0 Å². The molecule has 2 aromatic rings. The summed E-state index contributed by atoms with van der Waals surface area (Å²) in [6, 6.07) is 15.6. The molecule has 0 spiro atoms. The molecular weight excluding hydrogens is 332 g/mol. The molecule has 0 aliphatic carbocycles. The second-order valence-electron chi connectivity index (χ2n) is 6.38. The van der Waals surface area contributed by atoms with Gasteiger partial charge in [-0.3, -0.25) is 13.9 Å². The van der Waals surface area contributed by atoms with Gasteiger partial charge < -0.3 is 5.32 Å². The largest absolute Gasteiger partial charge is 0.352 e. The molecule has 4 nitrogen and oxygen atoms in total. The Morgan fingerprint density at radius 3 is 2.56 bits per heavy atom. The lowest BCUT2D eigenvalue weighted by Crippen LogP contribution is -2.33. The number of benzene rings is 2. The first kappa shape index (κ1) is 17.8. The van der Waals surface area contributed by atoms with Crippen LogP contribution in [-0.2, 0) is 23.8 Å². The van der Waals surface area contributed by atoms with E-state index in [9.17, 15) is 9.00 Å². The molecule has 3 rings (SSSR count). The van der Waals surface area contributed by atoms with Crippen LogP contribution in [0.4, 0.5) is 0 Å². The number of rotatable bonds is 6. The molecule has 5 heteroatoms. The van der Waals surface area contributed by atoms with Crippen molar-refractivity contribution in [3.63, 3.8) is 0 Å². The van der Waals surface area contributed by atoms with Crippen molar-refractivity contribution in [1.29, 1.82) is 0 Å². The lowest BCUT2D eigenvalue weighted by Gasteiger charge is -2.28. The number of hydrogen-bond acceptors (Lipinski definition) is 3. The third-order valence-corrected chi connectivity index (χ3v) is 5.53. The van der Waals surface area contributed by atoms with E-state index in [2.05, 4.69) is 34.5 Å². The average molecular weight is 356 g/mol. The van der Waals surface area contributed by atoms with Crippen molar-refractivity contribution in [2.24, 2.45) is 0 Å². The van der Waals surface area contributed by atoms with Crippen molar-refractivity contribution in [1.82, 2.24) is 10.2 Å². The highest BCUT2D eigenvalue weighted by Crippen LogP contribution is 2.18. The molecule has 0 saturated carbocycles. The fourth-order valence-electron chi connectivity index (χ4n) is 3.15. The molecule has 0 radical (unpaired) electrons. The molecule has 2 aromatic carbocycles. The van der Waals surface area contributed by atoms with Crippen molar-refractivity contribution in [2.45, 2.75) is 24.3 Å². The van der Waals surface area contributed by atoms with Crippen LogP contribution < -0.4 is 5.32 Å². The molecule has 0 saturated heterocycles. The van der Waals surface area contributed by atoms with Gasteiger partial charge >= 0.3 is 0 Å². The van der Waals surface area contributed by atoms with Gasteiger partial charge in [-0.2, -0.15) is 0 Å². The number of carbonyl (C=O) groups excluding carboxylic acids is 1. The van der Waals surface area contributed by atoms with E-state index in [0.29, 0.717) is 12.1 Å². The monoisotopic (exact) mass is 356 g/mol. The van der Waals surface area contributed by atoms with Crippen LogP contribution in [0, 0.1) is 0 Å². The number of nitrogens with zero attached hydrogens (tertiary/aromatic N) is 1. The molecule has 1 aliphatic rings. The minimum atomic E-state index is -1.01. The summed E-state index contributed by atoms with van der Waals surface area (Å²) >= 11 is 0. The van der Waals surface area contributed by atoms with Crippen molar-refractivity contribution in [3.8, 4) is 0 Å². The molecule has 132 valence electrons. The number of nitrogens with one attached hydrogen (secondary N) is 1. The second-order valence-corrected chi connectivity index (χ2v) is 7.76. The van der Waals surface area contributed by atoms with Crippen LogP contribution in [0.15, 0.2) is 53.4 Å². The standard InChI is InChI=1S/C20H24N2O2S/c1-25(24)19-9-7-17(8-10-19)20(23)21-12-4-13-22-14-11-16-5-2-3-6-18(16)15-22/h2-3,5-10H,4,11-15H2,1H3,(H,21,23). The Labute approximate surface area is 151 Å². The SMILES string of the molecule is CS(=O)c1ccc(C(=O)NCCCN2CCc3ccccc3C2)cc1. The molecule has 1 amide bonds. The summed E-state index contributed by atoms with van der Waals surface area (Å²) in [6.45, 7) is 3.74. The fourth-order valence-corrected chi connectivity index (χ4v) is 3.67. The fraction of sp³-hybridized carbons (Fsp3) is 0.350. The first-order chi connectivity index (χ1) is 12.1. The Morgan fingerprint density at radius 2 is 1.84 bits per heavy atom. The predicted octanol–water partition coefficient (Wildman–Crippen LogP) is 2.60. The summed E-state index contributed by atoms with van der Waals surface area (Å²) in [4.78, 5) is 15.3. The third kappa shape index (κ3) is 4.77. The van der Waals surface area contributed by atoms with Gasteiger partial charge in [0.1, 0.15) is 0 Å². The number of hydrogen-bond donors (Lipinski definition) is 1. The zero-order valence-corrected chi connectivity index (χ0v) is 15.3. The van der Waals surface area contributed by atoms with Gasteiger partial charge in [-0.1, -0.05) is 24.3 Å².